The van der Waals surface area contributed by atoms with Crippen LogP contribution in [0, 0.1) is 61.2 Å². The lowest BCUT2D eigenvalue weighted by Gasteiger charge is -2.35. The maximum Gasteiger partial charge on any atom is 0.0215 e. The number of fused-ring (bicyclic) bond motifs is 15. The largest absolute Gasteiger partial charge is 0.0628 e. The van der Waals surface area contributed by atoms with Crippen LogP contribution in [0.4, 0.5) is 0 Å². The quantitative estimate of drug-likeness (QED) is 0.0458. The van der Waals surface area contributed by atoms with Crippen LogP contribution in [-0.2, 0) is 27.1 Å². The van der Waals surface area contributed by atoms with Crippen LogP contribution in [0.2, 0.25) is 0 Å². The molecule has 0 nitrogen and oxygen atoms in total. The SMILES string of the molecule is Cc1cc(C)c2c(c1)C(C)(C)c1cc(-c3ccc4c(c3)C(CCC(C)C)(CCC(C)C)c3cc(-c5ccc6c(c5)C(CCC(C)C)(CCC(C)C)c5cc(-c7ccc8c(c7)C(CCC(C)C)(CCC(C)C)c7ccccc7-8)ccc5-6)ccc3-4)cc(-c3ccc4c(c3)-c3ccccc3C4(CCC(C)C)CCC(C)C)c1-2. The van der Waals surface area contributed by atoms with Crippen molar-refractivity contribution in [3.8, 4) is 100 Å². The molecule has 0 aromatic heterocycles. The maximum atomic E-state index is 2.72. The first kappa shape index (κ1) is 76.6. The van der Waals surface area contributed by atoms with E-state index in [9.17, 15) is 0 Å². The molecule has 0 heteroatoms. The Kier molecular flexibility index (Phi) is 20.9. The third-order valence-electron chi connectivity index (χ3n) is 28.0. The predicted molar refractivity (Wildman–Crippen MR) is 473 cm³/mol. The minimum Gasteiger partial charge on any atom is -0.0628 e. The summed E-state index contributed by atoms with van der Waals surface area (Å²) >= 11 is 0. The van der Waals surface area contributed by atoms with E-state index in [1.165, 1.54) is 205 Å². The van der Waals surface area contributed by atoms with E-state index in [-0.39, 0.29) is 27.1 Å². The first-order valence-electron chi connectivity index (χ1n) is 43.5. The topological polar surface area (TPSA) is 0 Å². The predicted octanol–water partition coefficient (Wildman–Crippen LogP) is 31.8. The molecule has 0 aliphatic heterocycles. The number of rotatable bonds is 28. The van der Waals surface area contributed by atoms with E-state index in [4.69, 9.17) is 0 Å². The van der Waals surface area contributed by atoms with Gasteiger partial charge in [-0.15, -0.1) is 0 Å². The second kappa shape index (κ2) is 29.7. The van der Waals surface area contributed by atoms with Gasteiger partial charge in [0, 0.05) is 27.1 Å². The van der Waals surface area contributed by atoms with Gasteiger partial charge in [0.2, 0.25) is 0 Å². The zero-order valence-electron chi connectivity index (χ0n) is 70.8. The number of aryl methyl sites for hydroxylation is 2. The summed E-state index contributed by atoms with van der Waals surface area (Å²) in [6.07, 6.45) is 18.8. The fourth-order valence-corrected chi connectivity index (χ4v) is 21.6. The van der Waals surface area contributed by atoms with Gasteiger partial charge >= 0.3 is 0 Å². The summed E-state index contributed by atoms with van der Waals surface area (Å²) < 4.78 is 0. The lowest BCUT2D eigenvalue weighted by Crippen LogP contribution is -2.27. The Labute approximate surface area is 660 Å². The molecule has 0 amide bonds. The van der Waals surface area contributed by atoms with Crippen LogP contribution in [0.15, 0.2) is 182 Å². The highest BCUT2D eigenvalue weighted by Gasteiger charge is 2.49. The first-order valence-corrected chi connectivity index (χ1v) is 43.5. The third kappa shape index (κ3) is 13.4. The van der Waals surface area contributed by atoms with E-state index in [0.29, 0.717) is 47.3 Å². The van der Waals surface area contributed by atoms with Crippen LogP contribution < -0.4 is 0 Å². The number of benzene rings is 10. The van der Waals surface area contributed by atoms with Gasteiger partial charge in [0.05, 0.1) is 0 Å². The first-order chi connectivity index (χ1) is 52.1. The average molecular weight is 1440 g/mol. The molecular weight excluding hydrogens is 1310 g/mol. The van der Waals surface area contributed by atoms with Gasteiger partial charge in [0.25, 0.3) is 0 Å². The van der Waals surface area contributed by atoms with E-state index in [2.05, 4.69) is 320 Å². The maximum absolute atomic E-state index is 2.72. The molecule has 0 atom stereocenters. The zero-order chi connectivity index (χ0) is 77.0. The molecule has 5 aliphatic carbocycles. The Hall–Kier alpha value is -7.80. The van der Waals surface area contributed by atoms with Crippen LogP contribution in [-0.4, -0.2) is 0 Å². The molecule has 0 unspecified atom stereocenters. The summed E-state index contributed by atoms with van der Waals surface area (Å²) in [5, 5.41) is 0. The van der Waals surface area contributed by atoms with Gasteiger partial charge in [-0.2, -0.15) is 0 Å². The van der Waals surface area contributed by atoms with E-state index in [0.717, 1.165) is 25.7 Å². The van der Waals surface area contributed by atoms with E-state index in [1.54, 1.807) is 38.9 Å². The summed E-state index contributed by atoms with van der Waals surface area (Å²) in [4.78, 5) is 0. The third-order valence-corrected chi connectivity index (χ3v) is 28.0. The lowest BCUT2D eigenvalue weighted by molar-refractivity contribution is 0.364. The van der Waals surface area contributed by atoms with E-state index in [1.807, 2.05) is 0 Å². The van der Waals surface area contributed by atoms with Gasteiger partial charge < -0.3 is 0 Å². The van der Waals surface area contributed by atoms with Gasteiger partial charge in [0.1, 0.15) is 0 Å². The summed E-state index contributed by atoms with van der Waals surface area (Å²) in [5.74, 6) is 4.89. The summed E-state index contributed by atoms with van der Waals surface area (Å²) in [6, 6.07) is 75.8. The molecule has 0 N–H and O–H groups in total. The summed E-state index contributed by atoms with van der Waals surface area (Å²) in [7, 11) is 0. The molecule has 566 valence electrons. The Balaban J connectivity index is 0.860. The van der Waals surface area contributed by atoms with E-state index >= 15 is 0 Å². The highest BCUT2D eigenvalue weighted by molar-refractivity contribution is 5.99. The van der Waals surface area contributed by atoms with Crippen LogP contribution in [0.3, 0.4) is 0 Å². The Morgan fingerprint density at radius 3 is 0.817 bits per heavy atom. The standard InChI is InChI=1S/C109H130/c1-67(2)41-49-106(50-42-68(3)4)94-28-24-22-26-85(94)92-59-82(34-40-95(92)106)91-60-83(66-102-104(91)103-76(18)57-75(17)58-101(103)105(102,19)20)81-33-39-90-89-38-32-80(64-99(89)109(100(90)65-81,55-47-73(13)14)56-48-74(15)16)79-31-37-88-87-36-30-78(62-97(87)108(98(88)63-79,53-45-71(9)10)54-46-72(11)12)77-29-35-86-84-25-21-23-27-93(84)107(96(86)61-77,51-43-69(5)6)52-44-70(7)8/h21-40,57-74H,41-56H2,1-20H3. The van der Waals surface area contributed by atoms with Crippen molar-refractivity contribution in [3.05, 3.63) is 249 Å². The van der Waals surface area contributed by atoms with Crippen molar-refractivity contribution >= 4 is 0 Å². The van der Waals surface area contributed by atoms with Crippen LogP contribution in [0.1, 0.15) is 294 Å². The Bertz CT molecular complexity index is 5020. The minimum absolute atomic E-state index is 0.00480. The molecule has 0 heterocycles. The van der Waals surface area contributed by atoms with Gasteiger partial charge in [-0.3, -0.25) is 0 Å². The summed E-state index contributed by atoms with van der Waals surface area (Å²) in [5.41, 5.74) is 42.7. The van der Waals surface area contributed by atoms with Gasteiger partial charge in [0.15, 0.2) is 0 Å². The molecule has 0 bridgehead atoms. The van der Waals surface area contributed by atoms with Crippen molar-refractivity contribution in [2.75, 3.05) is 0 Å². The molecule has 0 fully saturated rings. The van der Waals surface area contributed by atoms with Gasteiger partial charge in [-0.25, -0.2) is 0 Å². The van der Waals surface area contributed by atoms with Crippen molar-refractivity contribution in [1.29, 1.82) is 0 Å². The fourth-order valence-electron chi connectivity index (χ4n) is 21.6. The normalized spacial score (nSPS) is 15.9. The Morgan fingerprint density at radius 1 is 0.211 bits per heavy atom. The average Bonchev–Trinajstić information content (AvgIpc) is 1.56. The monoisotopic (exact) mass is 1440 g/mol. The molecule has 109 heavy (non-hydrogen) atoms. The second-order valence-corrected chi connectivity index (χ2v) is 39.5. The molecule has 10 aromatic rings. The van der Waals surface area contributed by atoms with Crippen molar-refractivity contribution in [1.82, 2.24) is 0 Å². The number of hydrogen-bond acceptors (Lipinski definition) is 0. The molecule has 15 rings (SSSR count). The molecule has 10 aromatic carbocycles. The van der Waals surface area contributed by atoms with Crippen molar-refractivity contribution in [2.24, 2.45) is 47.3 Å². The van der Waals surface area contributed by atoms with Crippen LogP contribution in [0.5, 0.6) is 0 Å². The van der Waals surface area contributed by atoms with Crippen LogP contribution in [0.25, 0.3) is 100 Å². The van der Waals surface area contributed by atoms with Gasteiger partial charge in [-0.05, 0) is 374 Å². The highest BCUT2D eigenvalue weighted by Crippen LogP contribution is 2.63. The van der Waals surface area contributed by atoms with Crippen molar-refractivity contribution in [2.45, 2.75) is 268 Å². The highest BCUT2D eigenvalue weighted by atomic mass is 14.5. The molecular formula is C109H130. The molecule has 0 saturated carbocycles. The molecule has 0 saturated heterocycles. The molecule has 0 radical (unpaired) electrons. The number of hydrogen-bond donors (Lipinski definition) is 0. The Morgan fingerprint density at radius 2 is 0.468 bits per heavy atom. The van der Waals surface area contributed by atoms with E-state index < -0.39 is 0 Å². The smallest absolute Gasteiger partial charge is 0.0215 e. The minimum atomic E-state index is -0.198. The van der Waals surface area contributed by atoms with Gasteiger partial charge in [-0.1, -0.05) is 264 Å². The fraction of sp³-hybridized carbons (Fsp3) is 0.450. The second-order valence-electron chi connectivity index (χ2n) is 39.5. The molecule has 5 aliphatic rings. The lowest BCUT2D eigenvalue weighted by atomic mass is 9.68. The zero-order valence-corrected chi connectivity index (χ0v) is 70.8. The summed E-state index contributed by atoms with van der Waals surface area (Å²) in [6.45, 7) is 48.7. The van der Waals surface area contributed by atoms with Crippen molar-refractivity contribution < 1.29 is 0 Å². The van der Waals surface area contributed by atoms with Crippen LogP contribution >= 0.6 is 0 Å². The molecule has 0 spiro atoms. The van der Waals surface area contributed by atoms with Crippen molar-refractivity contribution in [3.63, 3.8) is 0 Å².